The lowest BCUT2D eigenvalue weighted by atomic mass is 9.88. The van der Waals surface area contributed by atoms with Gasteiger partial charge in [0.2, 0.25) is 5.91 Å². The van der Waals surface area contributed by atoms with Crippen LogP contribution in [0.4, 0.5) is 5.69 Å². The fourth-order valence-corrected chi connectivity index (χ4v) is 5.08. The molecule has 0 N–H and O–H groups in total. The molecular formula is C26H31N3O3. The van der Waals surface area contributed by atoms with Gasteiger partial charge in [0, 0.05) is 32.1 Å². The molecule has 0 unspecified atom stereocenters. The van der Waals surface area contributed by atoms with Crippen LogP contribution in [0.2, 0.25) is 0 Å². The molecule has 0 atom stereocenters. The molecule has 2 aliphatic heterocycles. The van der Waals surface area contributed by atoms with Crippen LogP contribution in [0.3, 0.4) is 0 Å². The van der Waals surface area contributed by atoms with Gasteiger partial charge in [0.05, 0.1) is 12.7 Å². The van der Waals surface area contributed by atoms with Gasteiger partial charge in [-0.15, -0.1) is 0 Å². The van der Waals surface area contributed by atoms with Crippen LogP contribution in [-0.2, 0) is 4.79 Å². The molecule has 0 aromatic heterocycles. The Morgan fingerprint density at radius 3 is 2.66 bits per heavy atom. The molecule has 1 saturated carbocycles. The highest BCUT2D eigenvalue weighted by molar-refractivity contribution is 6.04. The summed E-state index contributed by atoms with van der Waals surface area (Å²) in [7, 11) is 1.66. The maximum Gasteiger partial charge on any atom is 0.225 e. The summed E-state index contributed by atoms with van der Waals surface area (Å²) in [4.78, 5) is 22.6. The van der Waals surface area contributed by atoms with Crippen molar-refractivity contribution in [2.75, 3.05) is 33.3 Å². The number of hydrogen-bond donors (Lipinski definition) is 0. The Kier molecular flexibility index (Phi) is 6.02. The zero-order chi connectivity index (χ0) is 21.9. The Balaban J connectivity index is 1.43. The molecule has 1 amide bonds. The molecule has 0 spiro atoms. The van der Waals surface area contributed by atoms with Crippen LogP contribution in [0, 0.1) is 5.92 Å². The summed E-state index contributed by atoms with van der Waals surface area (Å²) in [5.41, 5.74) is 1.73. The zero-order valence-electron chi connectivity index (χ0n) is 18.8. The van der Waals surface area contributed by atoms with Crippen LogP contribution in [-0.4, -0.2) is 54.8 Å². The molecule has 0 radical (unpaired) electrons. The molecule has 6 heteroatoms. The van der Waals surface area contributed by atoms with Crippen molar-refractivity contribution in [1.82, 2.24) is 9.80 Å². The number of rotatable bonds is 2. The summed E-state index contributed by atoms with van der Waals surface area (Å²) >= 11 is 0. The lowest BCUT2D eigenvalue weighted by Crippen LogP contribution is -2.40. The molecule has 3 aliphatic rings. The number of para-hydroxylation sites is 3. The molecule has 32 heavy (non-hydrogen) atoms. The van der Waals surface area contributed by atoms with Crippen molar-refractivity contribution in [2.45, 2.75) is 38.5 Å². The monoisotopic (exact) mass is 433 g/mol. The first-order valence-electron chi connectivity index (χ1n) is 11.8. The fraction of sp³-hybridized carbons (Fsp3) is 0.462. The molecule has 2 heterocycles. The van der Waals surface area contributed by atoms with Crippen LogP contribution in [0.15, 0.2) is 47.5 Å². The van der Waals surface area contributed by atoms with E-state index in [1.807, 2.05) is 42.5 Å². The Morgan fingerprint density at radius 1 is 0.969 bits per heavy atom. The Morgan fingerprint density at radius 2 is 1.81 bits per heavy atom. The van der Waals surface area contributed by atoms with E-state index in [4.69, 9.17) is 14.5 Å². The topological polar surface area (TPSA) is 54.4 Å². The van der Waals surface area contributed by atoms with Crippen molar-refractivity contribution in [3.8, 4) is 17.2 Å². The highest BCUT2D eigenvalue weighted by Crippen LogP contribution is 2.42. The van der Waals surface area contributed by atoms with Gasteiger partial charge in [-0.25, -0.2) is 4.99 Å². The molecule has 5 rings (SSSR count). The molecule has 2 aromatic carbocycles. The lowest BCUT2D eigenvalue weighted by Gasteiger charge is -2.29. The second-order valence-electron chi connectivity index (χ2n) is 8.84. The second kappa shape index (κ2) is 9.23. The maximum atomic E-state index is 13.1. The summed E-state index contributed by atoms with van der Waals surface area (Å²) in [5, 5.41) is 0. The van der Waals surface area contributed by atoms with Crippen LogP contribution < -0.4 is 9.47 Å². The van der Waals surface area contributed by atoms with E-state index >= 15 is 0 Å². The molecule has 6 nitrogen and oxygen atoms in total. The maximum absolute atomic E-state index is 13.1. The van der Waals surface area contributed by atoms with Crippen LogP contribution >= 0.6 is 0 Å². The minimum Gasteiger partial charge on any atom is -0.493 e. The predicted octanol–water partition coefficient (Wildman–Crippen LogP) is 4.99. The molecular weight excluding hydrogens is 402 g/mol. The number of methoxy groups -OCH3 is 1. The van der Waals surface area contributed by atoms with Crippen molar-refractivity contribution >= 4 is 17.4 Å². The van der Waals surface area contributed by atoms with Crippen molar-refractivity contribution in [2.24, 2.45) is 10.9 Å². The number of nitrogens with zero attached hydrogens (tertiary/aromatic N) is 3. The van der Waals surface area contributed by atoms with E-state index < -0.39 is 0 Å². The van der Waals surface area contributed by atoms with Gasteiger partial charge in [0.1, 0.15) is 11.5 Å². The molecule has 2 fully saturated rings. The Hall–Kier alpha value is -3.02. The van der Waals surface area contributed by atoms with Gasteiger partial charge in [-0.3, -0.25) is 4.79 Å². The average molecular weight is 434 g/mol. The number of carbonyl (C=O) groups is 1. The third kappa shape index (κ3) is 4.06. The van der Waals surface area contributed by atoms with E-state index in [1.54, 1.807) is 7.11 Å². The van der Waals surface area contributed by atoms with E-state index in [0.717, 1.165) is 68.3 Å². The Bertz CT molecular complexity index is 1010. The number of amides is 1. The SMILES string of the molecule is COc1cccc2c1Oc1ccccc1N=C2N1CCCN(C(=O)C2CCCCC2)CC1. The number of ether oxygens (including phenoxy) is 2. The standard InChI is InChI=1S/C26H31N3O3/c1-31-23-14-7-11-20-24(23)32-22-13-6-5-12-21(22)27-25(20)28-15-8-16-29(18-17-28)26(30)19-9-3-2-4-10-19/h5-7,11-14,19H,2-4,8-10,15-18H2,1H3. The summed E-state index contributed by atoms with van der Waals surface area (Å²) < 4.78 is 11.9. The molecule has 0 bridgehead atoms. The first-order chi connectivity index (χ1) is 15.7. The van der Waals surface area contributed by atoms with Gasteiger partial charge in [0.25, 0.3) is 0 Å². The molecule has 1 saturated heterocycles. The summed E-state index contributed by atoms with van der Waals surface area (Å²) in [5.74, 6) is 3.56. The summed E-state index contributed by atoms with van der Waals surface area (Å²) in [6.45, 7) is 3.16. The molecule has 2 aromatic rings. The number of benzene rings is 2. The quantitative estimate of drug-likeness (QED) is 0.669. The minimum atomic E-state index is 0.218. The number of carbonyl (C=O) groups excluding carboxylic acids is 1. The van der Waals surface area contributed by atoms with Crippen molar-refractivity contribution < 1.29 is 14.3 Å². The van der Waals surface area contributed by atoms with Crippen LogP contribution in [0.25, 0.3) is 0 Å². The van der Waals surface area contributed by atoms with Crippen molar-refractivity contribution in [1.29, 1.82) is 0 Å². The van der Waals surface area contributed by atoms with Gasteiger partial charge in [-0.1, -0.05) is 37.5 Å². The zero-order valence-corrected chi connectivity index (χ0v) is 18.8. The summed E-state index contributed by atoms with van der Waals surface area (Å²) in [6, 6.07) is 13.8. The van der Waals surface area contributed by atoms with Gasteiger partial charge >= 0.3 is 0 Å². The first-order valence-corrected chi connectivity index (χ1v) is 11.8. The van der Waals surface area contributed by atoms with Crippen LogP contribution in [0.1, 0.15) is 44.1 Å². The highest BCUT2D eigenvalue weighted by Gasteiger charge is 2.30. The van der Waals surface area contributed by atoms with E-state index in [-0.39, 0.29) is 5.92 Å². The first kappa shape index (κ1) is 20.9. The van der Waals surface area contributed by atoms with E-state index in [9.17, 15) is 4.79 Å². The number of fused-ring (bicyclic) bond motifs is 2. The smallest absolute Gasteiger partial charge is 0.225 e. The van der Waals surface area contributed by atoms with Gasteiger partial charge in [-0.05, 0) is 43.5 Å². The second-order valence-corrected chi connectivity index (χ2v) is 8.84. The third-order valence-electron chi connectivity index (χ3n) is 6.80. The van der Waals surface area contributed by atoms with E-state index in [0.29, 0.717) is 17.4 Å². The predicted molar refractivity (Wildman–Crippen MR) is 125 cm³/mol. The van der Waals surface area contributed by atoms with Gasteiger partial charge in [0.15, 0.2) is 17.2 Å². The van der Waals surface area contributed by atoms with Gasteiger partial charge < -0.3 is 19.3 Å². The number of hydrogen-bond acceptors (Lipinski definition) is 5. The number of amidine groups is 1. The molecule has 1 aliphatic carbocycles. The van der Waals surface area contributed by atoms with Crippen LogP contribution in [0.5, 0.6) is 17.2 Å². The van der Waals surface area contributed by atoms with E-state index in [2.05, 4.69) is 9.80 Å². The third-order valence-corrected chi connectivity index (χ3v) is 6.80. The Labute approximate surface area is 189 Å². The fourth-order valence-electron chi connectivity index (χ4n) is 5.08. The highest BCUT2D eigenvalue weighted by atomic mass is 16.5. The minimum absolute atomic E-state index is 0.218. The van der Waals surface area contributed by atoms with Crippen molar-refractivity contribution in [3.05, 3.63) is 48.0 Å². The average Bonchev–Trinajstić information content (AvgIpc) is 3.19. The normalized spacial score (nSPS) is 19.1. The largest absolute Gasteiger partial charge is 0.493 e. The summed E-state index contributed by atoms with van der Waals surface area (Å²) in [6.07, 6.45) is 6.67. The van der Waals surface area contributed by atoms with Gasteiger partial charge in [-0.2, -0.15) is 0 Å². The number of aliphatic imine (C=N–C) groups is 1. The van der Waals surface area contributed by atoms with Crippen molar-refractivity contribution in [3.63, 3.8) is 0 Å². The molecule has 168 valence electrons. The lowest BCUT2D eigenvalue weighted by molar-refractivity contribution is -0.136. The van der Waals surface area contributed by atoms with E-state index in [1.165, 1.54) is 19.3 Å².